The Hall–Kier alpha value is -5.80. The molecule has 9 rings (SSSR count). The molecular weight excluding hydrogens is 546 g/mol. The van der Waals surface area contributed by atoms with Crippen LogP contribution in [0.15, 0.2) is 152 Å². The van der Waals surface area contributed by atoms with Gasteiger partial charge in [0.15, 0.2) is 0 Å². The zero-order valence-corrected chi connectivity index (χ0v) is 24.9. The van der Waals surface area contributed by atoms with Crippen LogP contribution < -0.4 is 4.90 Å². The van der Waals surface area contributed by atoms with Crippen LogP contribution in [0, 0.1) is 0 Å². The first kappa shape index (κ1) is 25.7. The molecule has 0 spiro atoms. The molecule has 1 aliphatic carbocycles. The Morgan fingerprint density at radius 3 is 1.91 bits per heavy atom. The largest absolute Gasteiger partial charge is 0.316 e. The second-order valence-corrected chi connectivity index (χ2v) is 11.8. The van der Waals surface area contributed by atoms with Crippen molar-refractivity contribution in [1.82, 2.24) is 9.13 Å². The summed E-state index contributed by atoms with van der Waals surface area (Å²) in [7, 11) is 0. The maximum atomic E-state index is 4.39. The zero-order chi connectivity index (χ0) is 29.9. The summed E-state index contributed by atoms with van der Waals surface area (Å²) in [5.41, 5.74) is 12.9. The third-order valence-electron chi connectivity index (χ3n) is 9.26. The standard InChI is InChI=1S/C42H31N3/c1-29-14-12-13-25-43(38-20-7-2-15-33(29)38)30-26-31(44-39-21-8-3-16-34(39)35-17-4-9-22-40(35)44)28-32(27-30)45-41-23-10-5-18-36(41)37-19-6-11-24-42(37)45/h2-10,12-23,25-28H,1,11,24H2/b14-12-,25-13-. The first-order chi connectivity index (χ1) is 22.3. The normalized spacial score (nSPS) is 15.6. The molecule has 3 heterocycles. The second kappa shape index (κ2) is 10.1. The van der Waals surface area contributed by atoms with Crippen molar-refractivity contribution in [3.63, 3.8) is 0 Å². The van der Waals surface area contributed by atoms with E-state index in [0.29, 0.717) is 0 Å². The molecule has 3 nitrogen and oxygen atoms in total. The minimum atomic E-state index is 0.996. The smallest absolute Gasteiger partial charge is 0.0541 e. The van der Waals surface area contributed by atoms with E-state index in [0.717, 1.165) is 46.7 Å². The van der Waals surface area contributed by atoms with Crippen molar-refractivity contribution >= 4 is 55.7 Å². The number of hydrogen-bond acceptors (Lipinski definition) is 1. The molecule has 0 radical (unpaired) electrons. The lowest BCUT2D eigenvalue weighted by Crippen LogP contribution is -2.13. The zero-order valence-electron chi connectivity index (χ0n) is 24.9. The third-order valence-corrected chi connectivity index (χ3v) is 9.26. The van der Waals surface area contributed by atoms with Crippen LogP contribution in [0.5, 0.6) is 0 Å². The van der Waals surface area contributed by atoms with Crippen LogP contribution in [0.25, 0.3) is 55.7 Å². The van der Waals surface area contributed by atoms with Crippen LogP contribution in [0.3, 0.4) is 0 Å². The van der Waals surface area contributed by atoms with Crippen LogP contribution in [0.2, 0.25) is 0 Å². The summed E-state index contributed by atoms with van der Waals surface area (Å²) in [6.07, 6.45) is 15.1. The molecule has 0 N–H and O–H groups in total. The lowest BCUT2D eigenvalue weighted by molar-refractivity contribution is 0.887. The summed E-state index contributed by atoms with van der Waals surface area (Å²) in [6.45, 7) is 4.39. The number of allylic oxidation sites excluding steroid dienone is 5. The average Bonchev–Trinajstić information content (AvgIpc) is 3.60. The highest BCUT2D eigenvalue weighted by Crippen LogP contribution is 2.41. The summed E-state index contributed by atoms with van der Waals surface area (Å²) in [4.78, 5) is 2.31. The minimum absolute atomic E-state index is 0.996. The molecule has 214 valence electrons. The van der Waals surface area contributed by atoms with Gasteiger partial charge in [-0.3, -0.25) is 0 Å². The molecule has 0 atom stereocenters. The number of nitrogens with zero attached hydrogens (tertiary/aromatic N) is 3. The van der Waals surface area contributed by atoms with Gasteiger partial charge in [0.05, 0.1) is 33.6 Å². The Morgan fingerprint density at radius 2 is 1.16 bits per heavy atom. The predicted molar refractivity (Wildman–Crippen MR) is 191 cm³/mol. The Morgan fingerprint density at radius 1 is 0.556 bits per heavy atom. The Labute approximate surface area is 262 Å². The SMILES string of the molecule is C=C1/C=C\C=C/N(c2cc(-n3c4c(c5ccccc53)C=CCC4)cc(-n3c4ccccc4c4ccccc43)c2)c2ccccc21. The van der Waals surface area contributed by atoms with Gasteiger partial charge in [-0.2, -0.15) is 0 Å². The summed E-state index contributed by atoms with van der Waals surface area (Å²) in [5.74, 6) is 0. The topological polar surface area (TPSA) is 13.1 Å². The van der Waals surface area contributed by atoms with Gasteiger partial charge in [0.1, 0.15) is 0 Å². The number of anilines is 2. The van der Waals surface area contributed by atoms with Crippen LogP contribution >= 0.6 is 0 Å². The lowest BCUT2D eigenvalue weighted by Gasteiger charge is -2.27. The van der Waals surface area contributed by atoms with E-state index in [9.17, 15) is 0 Å². The van der Waals surface area contributed by atoms with Gasteiger partial charge in [0.2, 0.25) is 0 Å². The van der Waals surface area contributed by atoms with Gasteiger partial charge in [0.25, 0.3) is 0 Å². The van der Waals surface area contributed by atoms with E-state index < -0.39 is 0 Å². The molecule has 0 saturated heterocycles. The van der Waals surface area contributed by atoms with Gasteiger partial charge in [-0.25, -0.2) is 0 Å². The molecule has 0 saturated carbocycles. The maximum absolute atomic E-state index is 4.39. The van der Waals surface area contributed by atoms with Crippen LogP contribution in [-0.4, -0.2) is 9.13 Å². The first-order valence-corrected chi connectivity index (χ1v) is 15.6. The highest BCUT2D eigenvalue weighted by molar-refractivity contribution is 6.09. The van der Waals surface area contributed by atoms with E-state index in [-0.39, 0.29) is 0 Å². The summed E-state index contributed by atoms with van der Waals surface area (Å²) in [6, 6.07) is 41.9. The average molecular weight is 578 g/mol. The molecule has 5 aromatic carbocycles. The molecule has 2 aliphatic rings. The van der Waals surface area contributed by atoms with Gasteiger partial charge in [-0.1, -0.05) is 104 Å². The molecule has 0 fully saturated rings. The fraction of sp³-hybridized carbons (Fsp3) is 0.0476. The fourth-order valence-corrected chi connectivity index (χ4v) is 7.30. The van der Waals surface area contributed by atoms with Crippen LogP contribution in [0.4, 0.5) is 11.4 Å². The molecule has 7 aromatic rings. The summed E-state index contributed by atoms with van der Waals surface area (Å²) in [5, 5.41) is 3.81. The van der Waals surface area contributed by atoms with E-state index in [1.54, 1.807) is 0 Å². The molecule has 0 bridgehead atoms. The number of para-hydroxylation sites is 4. The first-order valence-electron chi connectivity index (χ1n) is 15.6. The monoisotopic (exact) mass is 577 g/mol. The van der Waals surface area contributed by atoms with Crippen molar-refractivity contribution in [3.8, 4) is 11.4 Å². The minimum Gasteiger partial charge on any atom is -0.316 e. The summed E-state index contributed by atoms with van der Waals surface area (Å²) < 4.78 is 4.92. The van der Waals surface area contributed by atoms with Crippen molar-refractivity contribution in [3.05, 3.63) is 169 Å². The highest BCUT2D eigenvalue weighted by atomic mass is 15.1. The van der Waals surface area contributed by atoms with Gasteiger partial charge in [-0.15, -0.1) is 0 Å². The van der Waals surface area contributed by atoms with E-state index in [4.69, 9.17) is 0 Å². The van der Waals surface area contributed by atoms with Crippen molar-refractivity contribution < 1.29 is 0 Å². The second-order valence-electron chi connectivity index (χ2n) is 11.8. The highest BCUT2D eigenvalue weighted by Gasteiger charge is 2.22. The lowest BCUT2D eigenvalue weighted by atomic mass is 10.0. The van der Waals surface area contributed by atoms with Gasteiger partial charge in [0, 0.05) is 44.9 Å². The van der Waals surface area contributed by atoms with Gasteiger partial charge in [-0.05, 0) is 67.0 Å². The number of fused-ring (bicyclic) bond motifs is 7. The predicted octanol–water partition coefficient (Wildman–Crippen LogP) is 10.9. The van der Waals surface area contributed by atoms with Crippen molar-refractivity contribution in [2.75, 3.05) is 4.90 Å². The molecule has 0 unspecified atom stereocenters. The Balaban J connectivity index is 1.39. The van der Waals surface area contributed by atoms with Gasteiger partial charge >= 0.3 is 0 Å². The molecule has 0 amide bonds. The number of benzene rings is 5. The van der Waals surface area contributed by atoms with Crippen molar-refractivity contribution in [1.29, 1.82) is 0 Å². The van der Waals surface area contributed by atoms with Crippen molar-refractivity contribution in [2.24, 2.45) is 0 Å². The molecule has 3 heteroatoms. The van der Waals surface area contributed by atoms with E-state index in [2.05, 4.69) is 172 Å². The number of rotatable bonds is 3. The van der Waals surface area contributed by atoms with Gasteiger partial charge < -0.3 is 14.0 Å². The van der Waals surface area contributed by atoms with E-state index in [1.807, 2.05) is 0 Å². The number of aromatic nitrogens is 2. The Bertz CT molecular complexity index is 2360. The molecule has 1 aliphatic heterocycles. The van der Waals surface area contributed by atoms with Crippen molar-refractivity contribution in [2.45, 2.75) is 12.8 Å². The van der Waals surface area contributed by atoms with Crippen LogP contribution in [0.1, 0.15) is 23.2 Å². The quantitative estimate of drug-likeness (QED) is 0.204. The van der Waals surface area contributed by atoms with E-state index >= 15 is 0 Å². The van der Waals surface area contributed by atoms with Crippen LogP contribution in [-0.2, 0) is 6.42 Å². The Kier molecular flexibility index (Phi) is 5.79. The fourth-order valence-electron chi connectivity index (χ4n) is 7.30. The third kappa shape index (κ3) is 3.98. The number of hydrogen-bond donors (Lipinski definition) is 0. The molecule has 2 aromatic heterocycles. The summed E-state index contributed by atoms with van der Waals surface area (Å²) >= 11 is 0. The molecular formula is C42H31N3. The maximum Gasteiger partial charge on any atom is 0.0541 e. The molecule has 45 heavy (non-hydrogen) atoms. The van der Waals surface area contributed by atoms with E-state index in [1.165, 1.54) is 44.0 Å².